The average Bonchev–Trinajstić information content (AvgIpc) is 2.71. The van der Waals surface area contributed by atoms with Gasteiger partial charge in [0, 0.05) is 13.0 Å². The van der Waals surface area contributed by atoms with Crippen molar-refractivity contribution >= 4 is 21.8 Å². The van der Waals surface area contributed by atoms with Crippen LogP contribution in [-0.4, -0.2) is 33.4 Å². The topological polar surface area (TPSA) is 114 Å². The fourth-order valence-corrected chi connectivity index (χ4v) is 3.34. The molecule has 9 heteroatoms. The van der Waals surface area contributed by atoms with Crippen molar-refractivity contribution in [2.75, 3.05) is 13.2 Å². The van der Waals surface area contributed by atoms with Crippen LogP contribution in [0.2, 0.25) is 0 Å². The molecule has 0 aliphatic heterocycles. The number of rotatable bonds is 9. The van der Waals surface area contributed by atoms with E-state index in [1.807, 2.05) is 26.0 Å². The molecule has 8 nitrogen and oxygen atoms in total. The highest BCUT2D eigenvalue weighted by Crippen LogP contribution is 2.12. The number of amides is 2. The number of benzene rings is 2. The van der Waals surface area contributed by atoms with E-state index in [0.717, 1.165) is 17.5 Å². The standard InChI is InChI=1S/C20H25N3O5S/c1-3-16-6-8-17(9-7-16)28-14-20(25)23-22-19(24)12-13-21-29(26,27)18-10-4-15(2)5-11-18/h4-11,21H,3,12-14H2,1-2H3,(H,22,24)(H,23,25). The van der Waals surface area contributed by atoms with Crippen molar-refractivity contribution in [1.82, 2.24) is 15.6 Å². The smallest absolute Gasteiger partial charge is 0.276 e. The van der Waals surface area contributed by atoms with E-state index in [9.17, 15) is 18.0 Å². The van der Waals surface area contributed by atoms with Crippen molar-refractivity contribution in [3.05, 3.63) is 59.7 Å². The molecular weight excluding hydrogens is 394 g/mol. The Labute approximate surface area is 170 Å². The number of sulfonamides is 1. The number of carbonyl (C=O) groups excluding carboxylic acids is 2. The Balaban J connectivity index is 1.67. The molecule has 3 N–H and O–H groups in total. The second-order valence-electron chi connectivity index (χ2n) is 6.34. The van der Waals surface area contributed by atoms with Crippen molar-refractivity contribution in [2.45, 2.75) is 31.6 Å². The lowest BCUT2D eigenvalue weighted by Gasteiger charge is -2.10. The van der Waals surface area contributed by atoms with Crippen LogP contribution in [-0.2, 0) is 26.0 Å². The van der Waals surface area contributed by atoms with E-state index in [1.54, 1.807) is 24.3 Å². The molecule has 2 aromatic rings. The third-order valence-corrected chi connectivity index (χ3v) is 5.50. The first-order valence-corrected chi connectivity index (χ1v) is 10.6. The molecular formula is C20H25N3O5S. The Morgan fingerprint density at radius 3 is 2.17 bits per heavy atom. The second-order valence-corrected chi connectivity index (χ2v) is 8.11. The van der Waals surface area contributed by atoms with Crippen LogP contribution in [0.4, 0.5) is 0 Å². The number of aryl methyl sites for hydroxylation is 2. The molecule has 0 heterocycles. The zero-order valence-electron chi connectivity index (χ0n) is 16.4. The summed E-state index contributed by atoms with van der Waals surface area (Å²) in [5, 5.41) is 0. The number of hydrazine groups is 1. The molecule has 29 heavy (non-hydrogen) atoms. The molecule has 2 amide bonds. The molecule has 156 valence electrons. The summed E-state index contributed by atoms with van der Waals surface area (Å²) >= 11 is 0. The van der Waals surface area contributed by atoms with Gasteiger partial charge < -0.3 is 4.74 Å². The lowest BCUT2D eigenvalue weighted by atomic mass is 10.2. The SMILES string of the molecule is CCc1ccc(OCC(=O)NNC(=O)CCNS(=O)(=O)c2ccc(C)cc2)cc1. The Morgan fingerprint density at radius 2 is 1.55 bits per heavy atom. The van der Waals surface area contributed by atoms with Gasteiger partial charge in [0.15, 0.2) is 6.61 Å². The van der Waals surface area contributed by atoms with Crippen molar-refractivity contribution in [2.24, 2.45) is 0 Å². The number of hydrogen-bond donors (Lipinski definition) is 3. The Morgan fingerprint density at radius 1 is 0.931 bits per heavy atom. The van der Waals surface area contributed by atoms with Gasteiger partial charge in [0.05, 0.1) is 4.90 Å². The number of hydrogen-bond acceptors (Lipinski definition) is 5. The summed E-state index contributed by atoms with van der Waals surface area (Å²) in [5.74, 6) is -0.510. The largest absolute Gasteiger partial charge is 0.484 e. The van der Waals surface area contributed by atoms with E-state index in [0.29, 0.717) is 5.75 Å². The van der Waals surface area contributed by atoms with Gasteiger partial charge in [-0.25, -0.2) is 13.1 Å². The monoisotopic (exact) mass is 419 g/mol. The van der Waals surface area contributed by atoms with Gasteiger partial charge in [-0.15, -0.1) is 0 Å². The molecule has 2 aromatic carbocycles. The van der Waals surface area contributed by atoms with Crippen molar-refractivity contribution in [3.63, 3.8) is 0 Å². The summed E-state index contributed by atoms with van der Waals surface area (Å²) in [5.41, 5.74) is 6.54. The van der Waals surface area contributed by atoms with Crippen LogP contribution >= 0.6 is 0 Å². The summed E-state index contributed by atoms with van der Waals surface area (Å²) in [7, 11) is -3.69. The lowest BCUT2D eigenvalue weighted by Crippen LogP contribution is -2.44. The number of nitrogens with one attached hydrogen (secondary N) is 3. The van der Waals surface area contributed by atoms with Crippen LogP contribution in [0, 0.1) is 6.92 Å². The molecule has 0 radical (unpaired) electrons. The summed E-state index contributed by atoms with van der Waals surface area (Å²) in [6.45, 7) is 3.54. The predicted molar refractivity (Wildman–Crippen MR) is 109 cm³/mol. The van der Waals surface area contributed by atoms with Crippen molar-refractivity contribution < 1.29 is 22.7 Å². The summed E-state index contributed by atoms with van der Waals surface area (Å²) < 4.78 is 31.9. The predicted octanol–water partition coefficient (Wildman–Crippen LogP) is 1.45. The van der Waals surface area contributed by atoms with Crippen molar-refractivity contribution in [1.29, 1.82) is 0 Å². The first-order chi connectivity index (χ1) is 13.8. The van der Waals surface area contributed by atoms with E-state index in [1.165, 1.54) is 12.1 Å². The highest BCUT2D eigenvalue weighted by molar-refractivity contribution is 7.89. The minimum Gasteiger partial charge on any atom is -0.484 e. The fourth-order valence-electron chi connectivity index (χ4n) is 2.31. The van der Waals surface area contributed by atoms with Crippen LogP contribution in [0.15, 0.2) is 53.4 Å². The molecule has 2 rings (SSSR count). The lowest BCUT2D eigenvalue weighted by molar-refractivity contribution is -0.129. The van der Waals surface area contributed by atoms with Gasteiger partial charge in [0.25, 0.3) is 5.91 Å². The Kier molecular flexibility index (Phi) is 8.17. The van der Waals surface area contributed by atoms with E-state index >= 15 is 0 Å². The third-order valence-electron chi connectivity index (χ3n) is 4.02. The van der Waals surface area contributed by atoms with E-state index in [4.69, 9.17) is 4.74 Å². The molecule has 0 bridgehead atoms. The van der Waals surface area contributed by atoms with Crippen LogP contribution in [0.3, 0.4) is 0 Å². The highest BCUT2D eigenvalue weighted by atomic mass is 32.2. The van der Waals surface area contributed by atoms with Crippen LogP contribution in [0.5, 0.6) is 5.75 Å². The molecule has 0 saturated heterocycles. The van der Waals surface area contributed by atoms with Gasteiger partial charge in [0.2, 0.25) is 15.9 Å². The summed E-state index contributed by atoms with van der Waals surface area (Å²) in [6.07, 6.45) is 0.776. The quantitative estimate of drug-likeness (QED) is 0.533. The average molecular weight is 420 g/mol. The van der Waals surface area contributed by atoms with Gasteiger partial charge in [-0.1, -0.05) is 36.8 Å². The third kappa shape index (κ3) is 7.55. The molecule has 0 saturated carbocycles. The zero-order chi connectivity index (χ0) is 21.3. The normalized spacial score (nSPS) is 11.0. The zero-order valence-corrected chi connectivity index (χ0v) is 17.2. The Hall–Kier alpha value is -2.91. The van der Waals surface area contributed by atoms with Crippen LogP contribution in [0.1, 0.15) is 24.5 Å². The van der Waals surface area contributed by atoms with Crippen molar-refractivity contribution in [3.8, 4) is 5.75 Å². The molecule has 0 atom stereocenters. The molecule has 0 fully saturated rings. The van der Waals surface area contributed by atoms with Gasteiger partial charge in [-0.2, -0.15) is 0 Å². The van der Waals surface area contributed by atoms with Gasteiger partial charge in [-0.3, -0.25) is 20.4 Å². The molecule has 0 aliphatic rings. The molecule has 0 aliphatic carbocycles. The summed E-state index contributed by atoms with van der Waals surface area (Å²) in [6, 6.07) is 13.7. The minimum absolute atomic E-state index is 0.0990. The maximum atomic E-state index is 12.1. The fraction of sp³-hybridized carbons (Fsp3) is 0.300. The first-order valence-electron chi connectivity index (χ1n) is 9.16. The molecule has 0 spiro atoms. The van der Waals surface area contributed by atoms with Crippen LogP contribution in [0.25, 0.3) is 0 Å². The maximum Gasteiger partial charge on any atom is 0.276 e. The number of carbonyl (C=O) groups is 2. The molecule has 0 aromatic heterocycles. The number of ether oxygens (including phenoxy) is 1. The maximum absolute atomic E-state index is 12.1. The van der Waals surface area contributed by atoms with Gasteiger partial charge in [-0.05, 0) is 43.2 Å². The van der Waals surface area contributed by atoms with Gasteiger partial charge >= 0.3 is 0 Å². The molecule has 0 unspecified atom stereocenters. The first kappa shape index (κ1) is 22.4. The van der Waals surface area contributed by atoms with Gasteiger partial charge in [0.1, 0.15) is 5.75 Å². The second kappa shape index (κ2) is 10.6. The van der Waals surface area contributed by atoms with E-state index in [-0.39, 0.29) is 24.5 Å². The summed E-state index contributed by atoms with van der Waals surface area (Å²) in [4.78, 5) is 23.6. The minimum atomic E-state index is -3.69. The van der Waals surface area contributed by atoms with Crippen LogP contribution < -0.4 is 20.3 Å². The van der Waals surface area contributed by atoms with E-state index < -0.39 is 21.8 Å². The Bertz CT molecular complexity index is 926. The highest BCUT2D eigenvalue weighted by Gasteiger charge is 2.14. The van der Waals surface area contributed by atoms with E-state index in [2.05, 4.69) is 15.6 Å².